The number of hydrogen-bond donors (Lipinski definition) is 1. The van der Waals surface area contributed by atoms with Crippen LogP contribution in [0.15, 0.2) is 54.2 Å². The Bertz CT molecular complexity index is 873. The molecule has 7 heteroatoms. The summed E-state index contributed by atoms with van der Waals surface area (Å²) in [7, 11) is 0. The lowest BCUT2D eigenvalue weighted by Gasteiger charge is -2.11. The topological polar surface area (TPSA) is 89.5 Å². The van der Waals surface area contributed by atoms with Crippen molar-refractivity contribution in [2.24, 2.45) is 0 Å². The van der Waals surface area contributed by atoms with Crippen LogP contribution < -0.4 is 10.4 Å². The minimum Gasteiger partial charge on any atom is -0.545 e. The van der Waals surface area contributed by atoms with Gasteiger partial charge in [-0.15, -0.1) is 0 Å². The maximum absolute atomic E-state index is 12.9. The lowest BCUT2D eigenvalue weighted by atomic mass is 10.1. The Kier molecular flexibility index (Phi) is 4.30. The summed E-state index contributed by atoms with van der Waals surface area (Å²) in [5.41, 5.74) is 1.26. The van der Waals surface area contributed by atoms with Crippen LogP contribution in [0.1, 0.15) is 21.5 Å². The lowest BCUT2D eigenvalue weighted by Crippen LogP contribution is -2.30. The molecule has 6 nitrogen and oxygen atoms in total. The van der Waals surface area contributed by atoms with Gasteiger partial charge in [0.1, 0.15) is 11.5 Å². The van der Waals surface area contributed by atoms with Gasteiger partial charge in [-0.05, 0) is 34.9 Å². The van der Waals surface area contributed by atoms with Crippen molar-refractivity contribution in [1.29, 1.82) is 0 Å². The lowest BCUT2D eigenvalue weighted by molar-refractivity contribution is -0.255. The number of carboxylic acid groups (broad SMARTS) is 1. The molecule has 1 heterocycles. The van der Waals surface area contributed by atoms with E-state index < -0.39 is 23.7 Å². The molecule has 0 unspecified atom stereocenters. The van der Waals surface area contributed by atoms with E-state index in [1.165, 1.54) is 54.6 Å². The van der Waals surface area contributed by atoms with Crippen molar-refractivity contribution in [3.8, 4) is 0 Å². The molecule has 0 saturated carbocycles. The highest BCUT2D eigenvalue weighted by Gasteiger charge is 2.33. The zero-order valence-corrected chi connectivity index (χ0v) is 12.9. The zero-order chi connectivity index (χ0) is 18.0. The highest BCUT2D eigenvalue weighted by Crippen LogP contribution is 2.17. The highest BCUT2D eigenvalue weighted by molar-refractivity contribution is 6.13. The number of amides is 3. The number of nitrogens with zero attached hydrogens (tertiary/aromatic N) is 1. The van der Waals surface area contributed by atoms with Crippen LogP contribution in [-0.4, -0.2) is 22.8 Å². The largest absolute Gasteiger partial charge is 0.545 e. The second kappa shape index (κ2) is 6.56. The fourth-order valence-corrected chi connectivity index (χ4v) is 2.37. The number of carboxylic acids is 1. The third-order valence-corrected chi connectivity index (χ3v) is 3.67. The molecule has 1 aliphatic rings. The predicted molar refractivity (Wildman–Crippen MR) is 84.2 cm³/mol. The van der Waals surface area contributed by atoms with Gasteiger partial charge in [0.25, 0.3) is 5.91 Å². The maximum atomic E-state index is 12.9. The average molecular weight is 339 g/mol. The number of nitrogens with one attached hydrogen (secondary N) is 1. The molecule has 0 radical (unpaired) electrons. The van der Waals surface area contributed by atoms with Gasteiger partial charge in [0.05, 0.1) is 12.5 Å². The Labute approximate surface area is 142 Å². The van der Waals surface area contributed by atoms with Crippen LogP contribution in [0.25, 0.3) is 6.08 Å². The molecule has 0 aliphatic carbocycles. The molecular formula is C18H12FN2O4-. The molecule has 3 rings (SSSR count). The summed E-state index contributed by atoms with van der Waals surface area (Å²) < 4.78 is 12.9. The standard InChI is InChI=1S/C18H13FN2O4/c19-14-7-3-12(4-8-14)10-21-16(22)15(20-18(21)25)9-11-1-5-13(6-2-11)17(23)24/h1-9H,10H2,(H,20,25)(H,23,24)/p-1/b15-9+. The van der Waals surface area contributed by atoms with Crippen molar-refractivity contribution in [2.45, 2.75) is 6.54 Å². The van der Waals surface area contributed by atoms with E-state index in [0.29, 0.717) is 11.1 Å². The summed E-state index contributed by atoms with van der Waals surface area (Å²) in [5.74, 6) is -2.21. The molecule has 25 heavy (non-hydrogen) atoms. The van der Waals surface area contributed by atoms with Crippen LogP contribution in [0, 0.1) is 5.82 Å². The Morgan fingerprint density at radius 1 is 1.08 bits per heavy atom. The molecule has 0 spiro atoms. The van der Waals surface area contributed by atoms with E-state index in [9.17, 15) is 23.9 Å². The van der Waals surface area contributed by atoms with Gasteiger partial charge < -0.3 is 15.2 Å². The SMILES string of the molecule is O=C([O-])c1ccc(/C=C2/NC(=O)N(Cc3ccc(F)cc3)C2=O)cc1. The average Bonchev–Trinajstić information content (AvgIpc) is 2.85. The molecule has 1 aliphatic heterocycles. The molecule has 3 amide bonds. The van der Waals surface area contributed by atoms with E-state index in [0.717, 1.165) is 4.90 Å². The minimum absolute atomic E-state index is 0.0156. The first kappa shape index (κ1) is 16.4. The first-order valence-corrected chi connectivity index (χ1v) is 7.34. The summed E-state index contributed by atoms with van der Waals surface area (Å²) >= 11 is 0. The molecule has 0 atom stereocenters. The van der Waals surface area contributed by atoms with Gasteiger partial charge in [-0.2, -0.15) is 0 Å². The van der Waals surface area contributed by atoms with E-state index in [1.807, 2.05) is 0 Å². The normalized spacial score (nSPS) is 15.6. The molecule has 1 saturated heterocycles. The second-order valence-corrected chi connectivity index (χ2v) is 5.42. The van der Waals surface area contributed by atoms with Crippen molar-refractivity contribution in [1.82, 2.24) is 10.2 Å². The first-order valence-electron chi connectivity index (χ1n) is 7.34. The number of rotatable bonds is 4. The predicted octanol–water partition coefficient (Wildman–Crippen LogP) is 1.28. The van der Waals surface area contributed by atoms with E-state index in [2.05, 4.69) is 5.32 Å². The molecule has 2 aromatic rings. The number of carbonyl (C=O) groups excluding carboxylic acids is 3. The quantitative estimate of drug-likeness (QED) is 0.671. The number of hydrogen-bond acceptors (Lipinski definition) is 4. The molecule has 126 valence electrons. The van der Waals surface area contributed by atoms with Crippen molar-refractivity contribution in [3.63, 3.8) is 0 Å². The van der Waals surface area contributed by atoms with Gasteiger partial charge in [0.2, 0.25) is 0 Å². The smallest absolute Gasteiger partial charge is 0.329 e. The Balaban J connectivity index is 1.78. The van der Waals surface area contributed by atoms with E-state index in [-0.39, 0.29) is 17.8 Å². The molecule has 1 fully saturated rings. The van der Waals surface area contributed by atoms with Crippen molar-refractivity contribution in [3.05, 3.63) is 76.7 Å². The maximum Gasteiger partial charge on any atom is 0.329 e. The third kappa shape index (κ3) is 3.55. The van der Waals surface area contributed by atoms with Gasteiger partial charge in [-0.3, -0.25) is 9.69 Å². The number of benzene rings is 2. The van der Waals surface area contributed by atoms with Crippen molar-refractivity contribution in [2.75, 3.05) is 0 Å². The van der Waals surface area contributed by atoms with Gasteiger partial charge >= 0.3 is 6.03 Å². The summed E-state index contributed by atoms with van der Waals surface area (Å²) in [4.78, 5) is 36.1. The van der Waals surface area contributed by atoms with Crippen molar-refractivity contribution >= 4 is 24.0 Å². The Morgan fingerprint density at radius 2 is 1.72 bits per heavy atom. The fourth-order valence-electron chi connectivity index (χ4n) is 2.37. The molecule has 1 N–H and O–H groups in total. The van der Waals surface area contributed by atoms with Crippen LogP contribution >= 0.6 is 0 Å². The fraction of sp³-hybridized carbons (Fsp3) is 0.0556. The molecule has 0 aromatic heterocycles. The summed E-state index contributed by atoms with van der Waals surface area (Å²) in [6, 6.07) is 10.6. The van der Waals surface area contributed by atoms with Crippen LogP contribution in [0.5, 0.6) is 0 Å². The van der Waals surface area contributed by atoms with Gasteiger partial charge in [-0.25, -0.2) is 9.18 Å². The third-order valence-electron chi connectivity index (χ3n) is 3.67. The van der Waals surface area contributed by atoms with Crippen LogP contribution in [0.3, 0.4) is 0 Å². The van der Waals surface area contributed by atoms with Gasteiger partial charge in [-0.1, -0.05) is 36.4 Å². The Morgan fingerprint density at radius 3 is 2.32 bits per heavy atom. The van der Waals surface area contributed by atoms with Crippen LogP contribution in [-0.2, 0) is 11.3 Å². The number of imide groups is 1. The second-order valence-electron chi connectivity index (χ2n) is 5.42. The monoisotopic (exact) mass is 339 g/mol. The van der Waals surface area contributed by atoms with E-state index in [1.54, 1.807) is 0 Å². The summed E-state index contributed by atoms with van der Waals surface area (Å²) in [6.07, 6.45) is 1.45. The Hall–Kier alpha value is -3.48. The summed E-state index contributed by atoms with van der Waals surface area (Å²) in [6.45, 7) is 0.0198. The number of aromatic carboxylic acids is 1. The zero-order valence-electron chi connectivity index (χ0n) is 12.9. The van der Waals surface area contributed by atoms with Crippen molar-refractivity contribution < 1.29 is 23.9 Å². The van der Waals surface area contributed by atoms with Crippen LogP contribution in [0.2, 0.25) is 0 Å². The molecular weight excluding hydrogens is 327 g/mol. The van der Waals surface area contributed by atoms with E-state index >= 15 is 0 Å². The van der Waals surface area contributed by atoms with Crippen LogP contribution in [0.4, 0.5) is 9.18 Å². The molecule has 0 bridgehead atoms. The van der Waals surface area contributed by atoms with E-state index in [4.69, 9.17) is 0 Å². The molecule has 2 aromatic carbocycles. The highest BCUT2D eigenvalue weighted by atomic mass is 19.1. The van der Waals surface area contributed by atoms with Gasteiger partial charge in [0, 0.05) is 0 Å². The first-order chi connectivity index (χ1) is 11.9. The summed E-state index contributed by atoms with van der Waals surface area (Å²) in [5, 5.41) is 13.2. The minimum atomic E-state index is -1.30. The number of halogens is 1. The number of carbonyl (C=O) groups is 3. The number of urea groups is 1. The van der Waals surface area contributed by atoms with Gasteiger partial charge in [0.15, 0.2) is 0 Å².